The number of benzene rings is 3. The molecule has 0 aliphatic rings. The summed E-state index contributed by atoms with van der Waals surface area (Å²) >= 11 is 0. The molecule has 24 heavy (non-hydrogen) atoms. The number of aliphatic hydroxyl groups is 1. The Bertz CT molecular complexity index is 957. The van der Waals surface area contributed by atoms with Crippen LogP contribution in [0.5, 0.6) is 0 Å². The van der Waals surface area contributed by atoms with Crippen LogP contribution in [0, 0.1) is 0 Å². The van der Waals surface area contributed by atoms with Gasteiger partial charge < -0.3 is 10.4 Å². The highest BCUT2D eigenvalue weighted by atomic mass is 16.2. The number of rotatable bonds is 4. The third kappa shape index (κ3) is 2.70. The molecule has 3 aromatic carbocycles. The van der Waals surface area contributed by atoms with Gasteiger partial charge >= 0.3 is 0 Å². The lowest BCUT2D eigenvalue weighted by Crippen LogP contribution is -1.97. The van der Waals surface area contributed by atoms with Gasteiger partial charge in [0.25, 0.3) is 0 Å². The van der Waals surface area contributed by atoms with Gasteiger partial charge in [-0.3, -0.25) is 0 Å². The molecular formula is C21H18N2O. The summed E-state index contributed by atoms with van der Waals surface area (Å²) in [4.78, 5) is 4.75. The van der Waals surface area contributed by atoms with Crippen molar-refractivity contribution >= 4 is 33.2 Å². The fourth-order valence-electron chi connectivity index (χ4n) is 3.05. The zero-order valence-corrected chi connectivity index (χ0v) is 13.2. The Morgan fingerprint density at radius 3 is 2.12 bits per heavy atom. The monoisotopic (exact) mass is 314 g/mol. The first kappa shape index (κ1) is 14.7. The Morgan fingerprint density at radius 1 is 0.792 bits per heavy atom. The van der Waals surface area contributed by atoms with Gasteiger partial charge in [-0.05, 0) is 36.2 Å². The predicted octanol–water partition coefficient (Wildman–Crippen LogP) is 4.67. The molecule has 1 aromatic heterocycles. The zero-order chi connectivity index (χ0) is 16.4. The molecule has 0 atom stereocenters. The van der Waals surface area contributed by atoms with E-state index in [1.165, 1.54) is 0 Å². The molecule has 0 saturated carbocycles. The van der Waals surface area contributed by atoms with Gasteiger partial charge in [0.2, 0.25) is 0 Å². The SMILES string of the molecule is OCCc1cccc(Nc2c3ccccc3nc3ccccc23)c1. The van der Waals surface area contributed by atoms with Crippen LogP contribution in [0.4, 0.5) is 11.4 Å². The number of hydrogen-bond acceptors (Lipinski definition) is 3. The van der Waals surface area contributed by atoms with Gasteiger partial charge in [-0.25, -0.2) is 4.98 Å². The van der Waals surface area contributed by atoms with Crippen molar-refractivity contribution in [3.63, 3.8) is 0 Å². The van der Waals surface area contributed by atoms with E-state index in [4.69, 9.17) is 10.1 Å². The van der Waals surface area contributed by atoms with Gasteiger partial charge in [-0.15, -0.1) is 0 Å². The van der Waals surface area contributed by atoms with E-state index in [2.05, 4.69) is 23.5 Å². The summed E-state index contributed by atoms with van der Waals surface area (Å²) in [7, 11) is 0. The molecule has 1 heterocycles. The first-order valence-electron chi connectivity index (χ1n) is 8.09. The topological polar surface area (TPSA) is 45.1 Å². The number of nitrogens with one attached hydrogen (secondary N) is 1. The van der Waals surface area contributed by atoms with Crippen LogP contribution in [-0.4, -0.2) is 16.7 Å². The van der Waals surface area contributed by atoms with Crippen molar-refractivity contribution in [2.75, 3.05) is 11.9 Å². The summed E-state index contributed by atoms with van der Waals surface area (Å²) in [5.74, 6) is 0. The first-order chi connectivity index (χ1) is 11.8. The maximum absolute atomic E-state index is 9.15. The molecule has 0 amide bonds. The van der Waals surface area contributed by atoms with E-state index in [0.29, 0.717) is 6.42 Å². The van der Waals surface area contributed by atoms with E-state index in [-0.39, 0.29) is 6.61 Å². The normalized spacial score (nSPS) is 11.0. The molecular weight excluding hydrogens is 296 g/mol. The molecule has 0 spiro atoms. The predicted molar refractivity (Wildman–Crippen MR) is 99.8 cm³/mol. The number of pyridine rings is 1. The Kier molecular flexibility index (Phi) is 3.85. The summed E-state index contributed by atoms with van der Waals surface area (Å²) in [6.45, 7) is 0.157. The standard InChI is InChI=1S/C21H18N2O/c24-13-12-15-6-5-7-16(14-15)22-21-17-8-1-3-10-19(17)23-20-11-4-2-9-18(20)21/h1-11,14,24H,12-13H2,(H,22,23). The molecule has 0 saturated heterocycles. The number of hydrogen-bond donors (Lipinski definition) is 2. The Labute approximate surface area is 140 Å². The summed E-state index contributed by atoms with van der Waals surface area (Å²) in [6, 6.07) is 24.5. The lowest BCUT2D eigenvalue weighted by atomic mass is 10.1. The minimum Gasteiger partial charge on any atom is -0.396 e. The van der Waals surface area contributed by atoms with E-state index in [9.17, 15) is 0 Å². The second-order valence-electron chi connectivity index (χ2n) is 5.82. The van der Waals surface area contributed by atoms with Gasteiger partial charge in [0.1, 0.15) is 0 Å². The van der Waals surface area contributed by atoms with Crippen LogP contribution in [0.15, 0.2) is 72.8 Å². The molecule has 3 heteroatoms. The smallest absolute Gasteiger partial charge is 0.0730 e. The van der Waals surface area contributed by atoms with Gasteiger partial charge in [0.05, 0.1) is 16.7 Å². The molecule has 0 fully saturated rings. The van der Waals surface area contributed by atoms with E-state index >= 15 is 0 Å². The number of aromatic nitrogens is 1. The third-order valence-electron chi connectivity index (χ3n) is 4.18. The average Bonchev–Trinajstić information content (AvgIpc) is 2.62. The van der Waals surface area contributed by atoms with Crippen LogP contribution in [-0.2, 0) is 6.42 Å². The highest BCUT2D eigenvalue weighted by molar-refractivity contribution is 6.08. The Balaban J connectivity index is 1.89. The quantitative estimate of drug-likeness (QED) is 0.538. The van der Waals surface area contributed by atoms with E-state index in [0.717, 1.165) is 38.7 Å². The maximum atomic E-state index is 9.15. The summed E-state index contributed by atoms with van der Waals surface area (Å²) < 4.78 is 0. The van der Waals surface area contributed by atoms with Gasteiger partial charge in [0, 0.05) is 23.1 Å². The van der Waals surface area contributed by atoms with Crippen LogP contribution >= 0.6 is 0 Å². The largest absolute Gasteiger partial charge is 0.396 e. The molecule has 0 aliphatic carbocycles. The molecule has 0 radical (unpaired) electrons. The maximum Gasteiger partial charge on any atom is 0.0730 e. The van der Waals surface area contributed by atoms with Crippen molar-refractivity contribution < 1.29 is 5.11 Å². The van der Waals surface area contributed by atoms with Crippen molar-refractivity contribution in [3.05, 3.63) is 78.4 Å². The fourth-order valence-corrected chi connectivity index (χ4v) is 3.05. The number of aliphatic hydroxyl groups excluding tert-OH is 1. The van der Waals surface area contributed by atoms with Crippen molar-refractivity contribution in [2.24, 2.45) is 0 Å². The minimum absolute atomic E-state index is 0.157. The van der Waals surface area contributed by atoms with Gasteiger partial charge in [-0.1, -0.05) is 48.5 Å². The number of nitrogens with zero attached hydrogens (tertiary/aromatic N) is 1. The first-order valence-corrected chi connectivity index (χ1v) is 8.09. The van der Waals surface area contributed by atoms with Gasteiger partial charge in [-0.2, -0.15) is 0 Å². The Morgan fingerprint density at radius 2 is 1.46 bits per heavy atom. The average molecular weight is 314 g/mol. The molecule has 2 N–H and O–H groups in total. The fraction of sp³-hybridized carbons (Fsp3) is 0.0952. The molecule has 0 bridgehead atoms. The van der Waals surface area contributed by atoms with Crippen molar-refractivity contribution in [1.82, 2.24) is 4.98 Å². The van der Waals surface area contributed by atoms with Crippen LogP contribution in [0.2, 0.25) is 0 Å². The van der Waals surface area contributed by atoms with Crippen molar-refractivity contribution in [3.8, 4) is 0 Å². The molecule has 3 nitrogen and oxygen atoms in total. The summed E-state index contributed by atoms with van der Waals surface area (Å²) in [5, 5.41) is 14.9. The highest BCUT2D eigenvalue weighted by Gasteiger charge is 2.09. The molecule has 118 valence electrons. The van der Waals surface area contributed by atoms with Crippen molar-refractivity contribution in [1.29, 1.82) is 0 Å². The van der Waals surface area contributed by atoms with Crippen molar-refractivity contribution in [2.45, 2.75) is 6.42 Å². The third-order valence-corrected chi connectivity index (χ3v) is 4.18. The van der Waals surface area contributed by atoms with Crippen LogP contribution < -0.4 is 5.32 Å². The number of para-hydroxylation sites is 2. The number of anilines is 2. The lowest BCUT2D eigenvalue weighted by Gasteiger charge is -2.14. The minimum atomic E-state index is 0.157. The van der Waals surface area contributed by atoms with Crippen LogP contribution in [0.3, 0.4) is 0 Å². The zero-order valence-electron chi connectivity index (χ0n) is 13.2. The summed E-state index contributed by atoms with van der Waals surface area (Å²) in [6.07, 6.45) is 0.660. The lowest BCUT2D eigenvalue weighted by molar-refractivity contribution is 0.299. The molecule has 4 rings (SSSR count). The number of fused-ring (bicyclic) bond motifs is 2. The Hall–Kier alpha value is -2.91. The second-order valence-corrected chi connectivity index (χ2v) is 5.82. The molecule has 4 aromatic rings. The van der Waals surface area contributed by atoms with Crippen LogP contribution in [0.1, 0.15) is 5.56 Å². The van der Waals surface area contributed by atoms with E-state index < -0.39 is 0 Å². The van der Waals surface area contributed by atoms with Gasteiger partial charge in [0.15, 0.2) is 0 Å². The van der Waals surface area contributed by atoms with E-state index in [1.54, 1.807) is 0 Å². The molecule has 0 aliphatic heterocycles. The highest BCUT2D eigenvalue weighted by Crippen LogP contribution is 2.33. The molecule has 0 unspecified atom stereocenters. The second kappa shape index (κ2) is 6.30. The summed E-state index contributed by atoms with van der Waals surface area (Å²) in [5.41, 5.74) is 5.15. The van der Waals surface area contributed by atoms with E-state index in [1.807, 2.05) is 54.6 Å². The van der Waals surface area contributed by atoms with Crippen LogP contribution in [0.25, 0.3) is 21.8 Å².